The van der Waals surface area contributed by atoms with E-state index in [-0.39, 0.29) is 17.9 Å². The molecular formula is C24H40N4O2+2. The van der Waals surface area contributed by atoms with Crippen molar-refractivity contribution in [2.24, 2.45) is 5.92 Å². The fourth-order valence-electron chi connectivity index (χ4n) is 4.87. The van der Waals surface area contributed by atoms with Crippen LogP contribution < -0.4 is 20.4 Å². The van der Waals surface area contributed by atoms with Crippen LogP contribution >= 0.6 is 0 Å². The summed E-state index contributed by atoms with van der Waals surface area (Å²) in [7, 11) is 0. The maximum absolute atomic E-state index is 12.8. The van der Waals surface area contributed by atoms with E-state index < -0.39 is 0 Å². The van der Waals surface area contributed by atoms with Gasteiger partial charge in [0.05, 0.1) is 0 Å². The molecule has 1 saturated carbocycles. The van der Waals surface area contributed by atoms with Crippen LogP contribution in [0.3, 0.4) is 0 Å². The first-order valence-electron chi connectivity index (χ1n) is 11.7. The van der Waals surface area contributed by atoms with Gasteiger partial charge in [-0.2, -0.15) is 0 Å². The lowest BCUT2D eigenvalue weighted by atomic mass is 9.86. The standard InChI is InChI=1S/C24H38N4O2/c1-17-9-7-11-22(19(17)3)25-23(29)16-27-12-14-28(15-13-27)20(4)24(30)26-21-10-6-5-8-18(21)2/h7,9,11,18,20-21H,5-6,8,10,12-16H2,1-4H3,(H,25,29)(H,26,30)/p+2/t18-,20+,21-/m0/s1. The van der Waals surface area contributed by atoms with Gasteiger partial charge in [-0.05, 0) is 56.7 Å². The molecule has 1 heterocycles. The summed E-state index contributed by atoms with van der Waals surface area (Å²) in [6.07, 6.45) is 4.85. The molecule has 0 aromatic heterocycles. The zero-order chi connectivity index (χ0) is 21.7. The van der Waals surface area contributed by atoms with Crippen molar-refractivity contribution in [1.82, 2.24) is 5.32 Å². The number of nitrogens with one attached hydrogen (secondary N) is 4. The Morgan fingerprint density at radius 3 is 2.50 bits per heavy atom. The fourth-order valence-corrected chi connectivity index (χ4v) is 4.87. The molecule has 2 fully saturated rings. The summed E-state index contributed by atoms with van der Waals surface area (Å²) >= 11 is 0. The van der Waals surface area contributed by atoms with Crippen molar-refractivity contribution in [3.8, 4) is 0 Å². The minimum absolute atomic E-state index is 0.0237. The molecule has 1 aromatic rings. The van der Waals surface area contributed by atoms with E-state index in [9.17, 15) is 9.59 Å². The van der Waals surface area contributed by atoms with E-state index in [1.165, 1.54) is 34.6 Å². The number of carbonyl (C=O) groups excluding carboxylic acids is 2. The molecule has 0 radical (unpaired) electrons. The third kappa shape index (κ3) is 5.82. The first-order valence-corrected chi connectivity index (χ1v) is 11.7. The average molecular weight is 417 g/mol. The maximum atomic E-state index is 12.8. The Morgan fingerprint density at radius 1 is 1.10 bits per heavy atom. The van der Waals surface area contributed by atoms with Crippen LogP contribution in [0.25, 0.3) is 0 Å². The highest BCUT2D eigenvalue weighted by Crippen LogP contribution is 2.23. The van der Waals surface area contributed by atoms with E-state index >= 15 is 0 Å². The van der Waals surface area contributed by atoms with Crippen molar-refractivity contribution in [3.05, 3.63) is 29.3 Å². The number of aryl methyl sites for hydroxylation is 1. The molecule has 3 atom stereocenters. The predicted octanol–water partition coefficient (Wildman–Crippen LogP) is 0.109. The number of quaternary nitrogens is 2. The third-order valence-corrected chi connectivity index (χ3v) is 7.33. The van der Waals surface area contributed by atoms with Crippen LogP contribution in [0.15, 0.2) is 18.2 Å². The minimum Gasteiger partial charge on any atom is -0.348 e. The number of amides is 2. The molecule has 1 aromatic carbocycles. The first-order chi connectivity index (χ1) is 14.3. The van der Waals surface area contributed by atoms with Gasteiger partial charge in [0.15, 0.2) is 12.6 Å². The third-order valence-electron chi connectivity index (χ3n) is 7.33. The molecule has 4 N–H and O–H groups in total. The van der Waals surface area contributed by atoms with Crippen molar-refractivity contribution < 1.29 is 19.4 Å². The average Bonchev–Trinajstić information content (AvgIpc) is 2.73. The Bertz CT molecular complexity index is 743. The molecule has 2 aliphatic rings. The Morgan fingerprint density at radius 2 is 1.80 bits per heavy atom. The number of hydrogen-bond donors (Lipinski definition) is 4. The monoisotopic (exact) mass is 416 g/mol. The van der Waals surface area contributed by atoms with E-state index in [4.69, 9.17) is 0 Å². The van der Waals surface area contributed by atoms with E-state index in [1.807, 2.05) is 19.1 Å². The summed E-state index contributed by atoms with van der Waals surface area (Å²) in [6, 6.07) is 6.32. The van der Waals surface area contributed by atoms with Gasteiger partial charge in [0.25, 0.3) is 11.8 Å². The van der Waals surface area contributed by atoms with Gasteiger partial charge in [-0.25, -0.2) is 0 Å². The number of anilines is 1. The SMILES string of the molecule is Cc1cccc(NC(=O)C[NH+]2CC[NH+]([C@H](C)C(=O)N[C@H]3CCCC[C@@H]3C)CC2)c1C. The van der Waals surface area contributed by atoms with E-state index in [1.54, 1.807) is 0 Å². The van der Waals surface area contributed by atoms with Gasteiger partial charge in [0.1, 0.15) is 26.2 Å². The Kier molecular flexibility index (Phi) is 7.89. The summed E-state index contributed by atoms with van der Waals surface area (Å²) in [4.78, 5) is 27.9. The van der Waals surface area contributed by atoms with Crippen molar-refractivity contribution in [2.75, 3.05) is 38.0 Å². The molecule has 6 heteroatoms. The van der Waals surface area contributed by atoms with Crippen molar-refractivity contribution in [3.63, 3.8) is 0 Å². The molecule has 3 rings (SSSR count). The molecule has 2 amide bonds. The highest BCUT2D eigenvalue weighted by molar-refractivity contribution is 5.92. The largest absolute Gasteiger partial charge is 0.348 e. The quantitative estimate of drug-likeness (QED) is 0.532. The van der Waals surface area contributed by atoms with Gasteiger partial charge in [-0.15, -0.1) is 0 Å². The van der Waals surface area contributed by atoms with Crippen LogP contribution in [0, 0.1) is 19.8 Å². The molecule has 0 spiro atoms. The summed E-state index contributed by atoms with van der Waals surface area (Å²) < 4.78 is 0. The predicted molar refractivity (Wildman–Crippen MR) is 120 cm³/mol. The van der Waals surface area contributed by atoms with Crippen LogP contribution in [-0.4, -0.2) is 56.6 Å². The lowest BCUT2D eigenvalue weighted by Crippen LogP contribution is -3.30. The molecule has 1 aliphatic carbocycles. The van der Waals surface area contributed by atoms with Crippen LogP contribution in [0.2, 0.25) is 0 Å². The lowest BCUT2D eigenvalue weighted by Gasteiger charge is -2.34. The van der Waals surface area contributed by atoms with E-state index in [2.05, 4.69) is 37.5 Å². The second-order valence-corrected chi connectivity index (χ2v) is 9.48. The summed E-state index contributed by atoms with van der Waals surface area (Å²) in [6.45, 7) is 12.6. The second kappa shape index (κ2) is 10.4. The van der Waals surface area contributed by atoms with Crippen LogP contribution in [-0.2, 0) is 9.59 Å². The maximum Gasteiger partial charge on any atom is 0.279 e. The van der Waals surface area contributed by atoms with Gasteiger partial charge in [-0.1, -0.05) is 31.9 Å². The van der Waals surface area contributed by atoms with Crippen LogP contribution in [0.1, 0.15) is 50.7 Å². The van der Waals surface area contributed by atoms with E-state index in [0.29, 0.717) is 18.5 Å². The summed E-state index contributed by atoms with van der Waals surface area (Å²) in [5.41, 5.74) is 3.22. The van der Waals surface area contributed by atoms with Gasteiger partial charge < -0.3 is 20.4 Å². The summed E-state index contributed by atoms with van der Waals surface area (Å²) in [5.74, 6) is 0.848. The molecule has 166 valence electrons. The molecule has 1 aliphatic heterocycles. The topological polar surface area (TPSA) is 67.1 Å². The number of carbonyl (C=O) groups is 2. The van der Waals surface area contributed by atoms with Crippen molar-refractivity contribution in [1.29, 1.82) is 0 Å². The number of rotatable bonds is 6. The Hall–Kier alpha value is -1.92. The molecule has 30 heavy (non-hydrogen) atoms. The van der Waals surface area contributed by atoms with Gasteiger partial charge in [0.2, 0.25) is 0 Å². The lowest BCUT2D eigenvalue weighted by molar-refractivity contribution is -1.01. The Balaban J connectivity index is 1.43. The molecule has 6 nitrogen and oxygen atoms in total. The molecular weight excluding hydrogens is 376 g/mol. The molecule has 0 unspecified atom stereocenters. The zero-order valence-electron chi connectivity index (χ0n) is 19.1. The highest BCUT2D eigenvalue weighted by Gasteiger charge is 2.33. The van der Waals surface area contributed by atoms with E-state index in [0.717, 1.165) is 43.9 Å². The minimum atomic E-state index is -0.0237. The van der Waals surface area contributed by atoms with Crippen molar-refractivity contribution in [2.45, 2.75) is 65.5 Å². The number of hydrogen-bond acceptors (Lipinski definition) is 2. The smallest absolute Gasteiger partial charge is 0.279 e. The van der Waals surface area contributed by atoms with Crippen LogP contribution in [0.4, 0.5) is 5.69 Å². The molecule has 0 bridgehead atoms. The first kappa shape index (κ1) is 22.8. The van der Waals surface area contributed by atoms with Crippen molar-refractivity contribution >= 4 is 17.5 Å². The van der Waals surface area contributed by atoms with Gasteiger partial charge in [0, 0.05) is 11.7 Å². The van der Waals surface area contributed by atoms with Crippen LogP contribution in [0.5, 0.6) is 0 Å². The number of benzene rings is 1. The molecule has 1 saturated heterocycles. The normalized spacial score (nSPS) is 27.9. The second-order valence-electron chi connectivity index (χ2n) is 9.48. The number of piperazine rings is 1. The van der Waals surface area contributed by atoms with Gasteiger partial charge in [-0.3, -0.25) is 9.59 Å². The zero-order valence-corrected chi connectivity index (χ0v) is 19.1. The fraction of sp³-hybridized carbons (Fsp3) is 0.667. The van der Waals surface area contributed by atoms with Gasteiger partial charge >= 0.3 is 0 Å². The Labute approximate surface area is 181 Å². The summed E-state index contributed by atoms with van der Waals surface area (Å²) in [5, 5.41) is 6.38. The highest BCUT2D eigenvalue weighted by atomic mass is 16.2.